The van der Waals surface area contributed by atoms with E-state index in [9.17, 15) is 4.39 Å². The molecule has 0 radical (unpaired) electrons. The van der Waals surface area contributed by atoms with Crippen molar-refractivity contribution in [3.63, 3.8) is 0 Å². The van der Waals surface area contributed by atoms with Crippen LogP contribution in [0.2, 0.25) is 0 Å². The fraction of sp³-hybridized carbons (Fsp3) is 0.133. The van der Waals surface area contributed by atoms with Gasteiger partial charge in [0.25, 0.3) is 0 Å². The van der Waals surface area contributed by atoms with E-state index in [0.717, 1.165) is 22.6 Å². The van der Waals surface area contributed by atoms with Gasteiger partial charge >= 0.3 is 0 Å². The van der Waals surface area contributed by atoms with E-state index in [-0.39, 0.29) is 5.82 Å². The predicted molar refractivity (Wildman–Crippen MR) is 70.1 cm³/mol. The lowest BCUT2D eigenvalue weighted by Gasteiger charge is -2.05. The van der Waals surface area contributed by atoms with Gasteiger partial charge in [0.15, 0.2) is 0 Å². The van der Waals surface area contributed by atoms with Crippen LogP contribution in [0, 0.1) is 19.7 Å². The molecule has 2 aromatic heterocycles. The number of hydrogen-bond donors (Lipinski definition) is 0. The molecule has 3 aromatic rings. The third-order valence-electron chi connectivity index (χ3n) is 3.07. The Labute approximate surface area is 105 Å². The van der Waals surface area contributed by atoms with Crippen LogP contribution in [0.15, 0.2) is 42.6 Å². The smallest absolute Gasteiger partial charge is 0.137 e. The molecule has 0 spiro atoms. The molecule has 0 aliphatic carbocycles. The quantitative estimate of drug-likeness (QED) is 0.633. The second-order valence-electron chi connectivity index (χ2n) is 4.46. The normalized spacial score (nSPS) is 11.1. The molecule has 0 bridgehead atoms. The van der Waals surface area contributed by atoms with Crippen LogP contribution < -0.4 is 0 Å². The number of imidazole rings is 1. The Balaban J connectivity index is 2.38. The molecule has 90 valence electrons. The summed E-state index contributed by atoms with van der Waals surface area (Å²) in [4.78, 5) is 4.47. The molecule has 0 fully saturated rings. The van der Waals surface area contributed by atoms with Crippen LogP contribution in [0.4, 0.5) is 4.39 Å². The van der Waals surface area contributed by atoms with Gasteiger partial charge in [-0.1, -0.05) is 18.2 Å². The molecule has 1 aromatic carbocycles. The third kappa shape index (κ3) is 1.59. The van der Waals surface area contributed by atoms with Gasteiger partial charge in [-0.3, -0.25) is 4.40 Å². The lowest BCUT2D eigenvalue weighted by atomic mass is 10.1. The van der Waals surface area contributed by atoms with E-state index >= 15 is 0 Å². The summed E-state index contributed by atoms with van der Waals surface area (Å²) in [5, 5.41) is 0. The van der Waals surface area contributed by atoms with E-state index < -0.39 is 0 Å². The summed E-state index contributed by atoms with van der Waals surface area (Å²) in [6, 6.07) is 10.8. The zero-order valence-corrected chi connectivity index (χ0v) is 10.3. The zero-order chi connectivity index (χ0) is 12.7. The van der Waals surface area contributed by atoms with Gasteiger partial charge in [-0.2, -0.15) is 0 Å². The van der Waals surface area contributed by atoms with Crippen molar-refractivity contribution in [3.8, 4) is 11.3 Å². The highest BCUT2D eigenvalue weighted by atomic mass is 19.1. The number of halogens is 1. The number of benzene rings is 1. The molecule has 0 aliphatic rings. The van der Waals surface area contributed by atoms with Crippen molar-refractivity contribution in [2.45, 2.75) is 13.8 Å². The van der Waals surface area contributed by atoms with Crippen LogP contribution in [0.3, 0.4) is 0 Å². The summed E-state index contributed by atoms with van der Waals surface area (Å²) >= 11 is 0. The standard InChI is InChI=1S/C15H13FN2/c1-10-7-8-14-17-11(2)15(18(14)9-10)12-5-3-4-6-13(12)16/h3-9H,1-2H3. The third-order valence-corrected chi connectivity index (χ3v) is 3.07. The molecular weight excluding hydrogens is 227 g/mol. The Bertz CT molecular complexity index is 728. The fourth-order valence-corrected chi connectivity index (χ4v) is 2.25. The van der Waals surface area contributed by atoms with Crippen LogP contribution in [-0.2, 0) is 0 Å². The maximum absolute atomic E-state index is 13.9. The highest BCUT2D eigenvalue weighted by Crippen LogP contribution is 2.27. The molecule has 0 N–H and O–H groups in total. The Morgan fingerprint density at radius 2 is 1.83 bits per heavy atom. The first-order chi connectivity index (χ1) is 8.66. The first-order valence-electron chi connectivity index (χ1n) is 5.87. The molecule has 0 amide bonds. The number of rotatable bonds is 1. The van der Waals surface area contributed by atoms with Crippen LogP contribution in [0.25, 0.3) is 16.9 Å². The van der Waals surface area contributed by atoms with Crippen molar-refractivity contribution in [3.05, 3.63) is 59.7 Å². The maximum atomic E-state index is 13.9. The van der Waals surface area contributed by atoms with Gasteiger partial charge in [0.1, 0.15) is 11.5 Å². The van der Waals surface area contributed by atoms with Crippen molar-refractivity contribution in [1.82, 2.24) is 9.38 Å². The molecule has 2 heterocycles. The van der Waals surface area contributed by atoms with Crippen LogP contribution >= 0.6 is 0 Å². The highest BCUT2D eigenvalue weighted by molar-refractivity contribution is 5.67. The minimum absolute atomic E-state index is 0.219. The molecule has 18 heavy (non-hydrogen) atoms. The van der Waals surface area contributed by atoms with Gasteiger partial charge in [0.2, 0.25) is 0 Å². The van der Waals surface area contributed by atoms with Gasteiger partial charge in [-0.25, -0.2) is 9.37 Å². The Kier molecular flexibility index (Phi) is 2.40. The first-order valence-corrected chi connectivity index (χ1v) is 5.87. The zero-order valence-electron chi connectivity index (χ0n) is 10.3. The van der Waals surface area contributed by atoms with Crippen molar-refractivity contribution in [2.24, 2.45) is 0 Å². The van der Waals surface area contributed by atoms with Crippen LogP contribution in [0.5, 0.6) is 0 Å². The molecule has 3 heteroatoms. The molecule has 0 unspecified atom stereocenters. The van der Waals surface area contributed by atoms with Gasteiger partial charge < -0.3 is 0 Å². The Morgan fingerprint density at radius 1 is 1.06 bits per heavy atom. The summed E-state index contributed by atoms with van der Waals surface area (Å²) < 4.78 is 15.9. The Hall–Kier alpha value is -2.16. The average molecular weight is 240 g/mol. The molecular formula is C15H13FN2. The first kappa shape index (κ1) is 11.0. The number of nitrogens with zero attached hydrogens (tertiary/aromatic N) is 2. The van der Waals surface area contributed by atoms with E-state index in [0.29, 0.717) is 5.56 Å². The van der Waals surface area contributed by atoms with Crippen LogP contribution in [-0.4, -0.2) is 9.38 Å². The van der Waals surface area contributed by atoms with Crippen molar-refractivity contribution >= 4 is 5.65 Å². The maximum Gasteiger partial charge on any atom is 0.137 e. The topological polar surface area (TPSA) is 17.3 Å². The van der Waals surface area contributed by atoms with Gasteiger partial charge in [0.05, 0.1) is 11.4 Å². The minimum Gasteiger partial charge on any atom is -0.299 e. The second-order valence-corrected chi connectivity index (χ2v) is 4.46. The summed E-state index contributed by atoms with van der Waals surface area (Å²) in [7, 11) is 0. The van der Waals surface area contributed by atoms with Gasteiger partial charge in [0, 0.05) is 11.8 Å². The average Bonchev–Trinajstić information content (AvgIpc) is 2.66. The summed E-state index contributed by atoms with van der Waals surface area (Å²) in [6.45, 7) is 3.92. The van der Waals surface area contributed by atoms with Crippen molar-refractivity contribution < 1.29 is 4.39 Å². The number of fused-ring (bicyclic) bond motifs is 1. The van der Waals surface area contributed by atoms with E-state index in [1.54, 1.807) is 12.1 Å². The van der Waals surface area contributed by atoms with E-state index in [4.69, 9.17) is 0 Å². The minimum atomic E-state index is -0.219. The molecule has 3 rings (SSSR count). The van der Waals surface area contributed by atoms with Crippen molar-refractivity contribution in [2.75, 3.05) is 0 Å². The largest absolute Gasteiger partial charge is 0.299 e. The number of pyridine rings is 1. The van der Waals surface area contributed by atoms with Crippen molar-refractivity contribution in [1.29, 1.82) is 0 Å². The Morgan fingerprint density at radius 3 is 2.61 bits per heavy atom. The predicted octanol–water partition coefficient (Wildman–Crippen LogP) is 3.76. The van der Waals surface area contributed by atoms with E-state index in [1.807, 2.05) is 42.6 Å². The lowest BCUT2D eigenvalue weighted by molar-refractivity contribution is 0.630. The summed E-state index contributed by atoms with van der Waals surface area (Å²) in [5.41, 5.74) is 4.22. The fourth-order valence-electron chi connectivity index (χ4n) is 2.25. The highest BCUT2D eigenvalue weighted by Gasteiger charge is 2.13. The van der Waals surface area contributed by atoms with Gasteiger partial charge in [-0.05, 0) is 37.6 Å². The van der Waals surface area contributed by atoms with Crippen LogP contribution in [0.1, 0.15) is 11.3 Å². The van der Waals surface area contributed by atoms with E-state index in [1.165, 1.54) is 6.07 Å². The summed E-state index contributed by atoms with van der Waals surface area (Å²) in [6.07, 6.45) is 1.98. The summed E-state index contributed by atoms with van der Waals surface area (Å²) in [5.74, 6) is -0.219. The molecule has 0 saturated heterocycles. The van der Waals surface area contributed by atoms with Gasteiger partial charge in [-0.15, -0.1) is 0 Å². The molecule has 0 aliphatic heterocycles. The lowest BCUT2D eigenvalue weighted by Crippen LogP contribution is -1.92. The second kappa shape index (κ2) is 3.95. The molecule has 0 atom stereocenters. The number of aryl methyl sites for hydroxylation is 2. The van der Waals surface area contributed by atoms with E-state index in [2.05, 4.69) is 4.98 Å². The molecule has 0 saturated carbocycles. The number of hydrogen-bond acceptors (Lipinski definition) is 1. The monoisotopic (exact) mass is 240 g/mol. The number of aromatic nitrogens is 2. The molecule has 2 nitrogen and oxygen atoms in total. The SMILES string of the molecule is Cc1ccc2nc(C)c(-c3ccccc3F)n2c1.